The summed E-state index contributed by atoms with van der Waals surface area (Å²) < 4.78 is 10.9. The Bertz CT molecular complexity index is 371. The molecule has 0 unspecified atom stereocenters. The van der Waals surface area contributed by atoms with E-state index in [9.17, 15) is 0 Å². The van der Waals surface area contributed by atoms with Gasteiger partial charge in [-0.15, -0.1) is 0 Å². The smallest absolute Gasteiger partial charge is 0.188 e. The average Bonchev–Trinajstić information content (AvgIpc) is 2.17. The van der Waals surface area contributed by atoms with E-state index in [0.29, 0.717) is 11.3 Å². The molecule has 14 heavy (non-hydrogen) atoms. The Morgan fingerprint density at radius 3 is 2.79 bits per heavy atom. The number of hydrogen-bond donors (Lipinski definition) is 0. The van der Waals surface area contributed by atoms with Crippen molar-refractivity contribution in [3.8, 4) is 11.8 Å². The van der Waals surface area contributed by atoms with Crippen LogP contribution in [0.4, 0.5) is 0 Å². The third-order valence-corrected chi connectivity index (χ3v) is 2.35. The fraction of sp³-hybridized carbons (Fsp3) is 0.300. The summed E-state index contributed by atoms with van der Waals surface area (Å²) >= 11 is 3.35. The molecule has 74 valence electrons. The summed E-state index contributed by atoms with van der Waals surface area (Å²) in [6.07, 6.45) is 0. The summed E-state index contributed by atoms with van der Waals surface area (Å²) in [6, 6.07) is 5.64. The Morgan fingerprint density at radius 2 is 2.21 bits per heavy atom. The molecule has 0 aliphatic carbocycles. The van der Waals surface area contributed by atoms with Gasteiger partial charge in [-0.1, -0.05) is 0 Å². The van der Waals surface area contributed by atoms with Crippen molar-refractivity contribution in [1.82, 2.24) is 0 Å². The third kappa shape index (κ3) is 2.47. The van der Waals surface area contributed by atoms with E-state index < -0.39 is 0 Å². The van der Waals surface area contributed by atoms with Gasteiger partial charge in [0.25, 0.3) is 0 Å². The minimum Gasteiger partial charge on any atom is -0.466 e. The first-order valence-electron chi connectivity index (χ1n) is 4.01. The normalized spacial score (nSPS) is 9.57. The number of benzene rings is 1. The van der Waals surface area contributed by atoms with Crippen molar-refractivity contribution in [3.63, 3.8) is 0 Å². The molecule has 0 fully saturated rings. The molecule has 0 bridgehead atoms. The molecule has 0 saturated heterocycles. The van der Waals surface area contributed by atoms with E-state index in [1.807, 2.05) is 13.0 Å². The first kappa shape index (κ1) is 11.0. The molecular formula is C10H10BrNO2. The molecule has 0 radical (unpaired) electrons. The van der Waals surface area contributed by atoms with Crippen molar-refractivity contribution in [2.75, 3.05) is 13.9 Å². The second-order valence-electron chi connectivity index (χ2n) is 2.76. The van der Waals surface area contributed by atoms with Crippen molar-refractivity contribution < 1.29 is 9.47 Å². The van der Waals surface area contributed by atoms with Gasteiger partial charge in [0.1, 0.15) is 5.75 Å². The fourth-order valence-corrected chi connectivity index (χ4v) is 1.58. The van der Waals surface area contributed by atoms with Crippen molar-refractivity contribution in [1.29, 1.82) is 5.26 Å². The zero-order valence-electron chi connectivity index (χ0n) is 8.00. The molecule has 0 aliphatic rings. The van der Waals surface area contributed by atoms with Gasteiger partial charge in [-0.3, -0.25) is 0 Å². The largest absolute Gasteiger partial charge is 0.466 e. The summed E-state index contributed by atoms with van der Waals surface area (Å²) in [5, 5.41) is 8.81. The van der Waals surface area contributed by atoms with Crippen LogP contribution in [0.15, 0.2) is 16.6 Å². The number of methoxy groups -OCH3 is 1. The maximum Gasteiger partial charge on any atom is 0.188 e. The molecule has 1 aromatic carbocycles. The number of aryl methyl sites for hydroxylation is 1. The van der Waals surface area contributed by atoms with Crippen molar-refractivity contribution in [3.05, 3.63) is 27.7 Å². The predicted molar refractivity (Wildman–Crippen MR) is 56.1 cm³/mol. The molecule has 1 rings (SSSR count). The quantitative estimate of drug-likeness (QED) is 0.780. The standard InChI is InChI=1S/C10H10BrNO2/c1-7-3-9(11)10(14-6-13-2)4-8(7)5-12/h3-4H,6H2,1-2H3. The number of nitrogens with zero attached hydrogens (tertiary/aromatic N) is 1. The zero-order valence-corrected chi connectivity index (χ0v) is 9.59. The van der Waals surface area contributed by atoms with Crippen molar-refractivity contribution in [2.24, 2.45) is 0 Å². The summed E-state index contributed by atoms with van der Waals surface area (Å²) in [7, 11) is 1.55. The monoisotopic (exact) mass is 255 g/mol. The predicted octanol–water partition coefficient (Wildman–Crippen LogP) is 2.61. The maximum absolute atomic E-state index is 8.81. The Hall–Kier alpha value is -1.05. The van der Waals surface area contributed by atoms with Crippen LogP contribution in [-0.4, -0.2) is 13.9 Å². The second kappa shape index (κ2) is 4.99. The molecule has 4 heteroatoms. The molecule has 1 aromatic rings. The van der Waals surface area contributed by atoms with Crippen LogP contribution in [0.25, 0.3) is 0 Å². The van der Waals surface area contributed by atoms with Crippen LogP contribution >= 0.6 is 15.9 Å². The van der Waals surface area contributed by atoms with Crippen LogP contribution in [0.1, 0.15) is 11.1 Å². The number of ether oxygens (including phenoxy) is 2. The van der Waals surface area contributed by atoms with Crippen LogP contribution in [-0.2, 0) is 4.74 Å². The molecular weight excluding hydrogens is 246 g/mol. The highest BCUT2D eigenvalue weighted by Gasteiger charge is 2.05. The number of rotatable bonds is 3. The highest BCUT2D eigenvalue weighted by Crippen LogP contribution is 2.28. The lowest BCUT2D eigenvalue weighted by atomic mass is 10.1. The van der Waals surface area contributed by atoms with Crippen LogP contribution in [0.3, 0.4) is 0 Å². The van der Waals surface area contributed by atoms with Crippen molar-refractivity contribution in [2.45, 2.75) is 6.92 Å². The molecule has 0 spiro atoms. The van der Waals surface area contributed by atoms with E-state index in [-0.39, 0.29) is 6.79 Å². The van der Waals surface area contributed by atoms with E-state index in [0.717, 1.165) is 10.0 Å². The topological polar surface area (TPSA) is 42.2 Å². The summed E-state index contributed by atoms with van der Waals surface area (Å²) in [6.45, 7) is 2.05. The van der Waals surface area contributed by atoms with Crippen molar-refractivity contribution >= 4 is 15.9 Å². The SMILES string of the molecule is COCOc1cc(C#N)c(C)cc1Br. The molecule has 0 amide bonds. The second-order valence-corrected chi connectivity index (χ2v) is 3.61. The van der Waals surface area contributed by atoms with Gasteiger partial charge in [-0.05, 0) is 40.5 Å². The minimum absolute atomic E-state index is 0.173. The summed E-state index contributed by atoms with van der Waals surface area (Å²) in [5.74, 6) is 0.619. The van der Waals surface area contributed by atoms with Gasteiger partial charge in [-0.2, -0.15) is 5.26 Å². The van der Waals surface area contributed by atoms with Gasteiger partial charge in [0.05, 0.1) is 16.1 Å². The lowest BCUT2D eigenvalue weighted by Gasteiger charge is -2.08. The Morgan fingerprint density at radius 1 is 1.50 bits per heavy atom. The third-order valence-electron chi connectivity index (χ3n) is 1.73. The Kier molecular flexibility index (Phi) is 3.93. The molecule has 0 N–H and O–H groups in total. The van der Waals surface area contributed by atoms with Gasteiger partial charge < -0.3 is 9.47 Å². The lowest BCUT2D eigenvalue weighted by molar-refractivity contribution is 0.0505. The van der Waals surface area contributed by atoms with Crippen LogP contribution in [0, 0.1) is 18.3 Å². The summed E-state index contributed by atoms with van der Waals surface area (Å²) in [5.41, 5.74) is 1.53. The maximum atomic E-state index is 8.81. The molecule has 3 nitrogen and oxygen atoms in total. The van der Waals surface area contributed by atoms with Gasteiger partial charge in [0, 0.05) is 7.11 Å². The highest BCUT2D eigenvalue weighted by molar-refractivity contribution is 9.10. The molecule has 0 atom stereocenters. The first-order valence-corrected chi connectivity index (χ1v) is 4.80. The number of halogens is 1. The Balaban J connectivity index is 3.00. The van der Waals surface area contributed by atoms with Gasteiger partial charge >= 0.3 is 0 Å². The van der Waals surface area contributed by atoms with Gasteiger partial charge in [0.2, 0.25) is 0 Å². The fourth-order valence-electron chi connectivity index (χ4n) is 1.01. The average molecular weight is 256 g/mol. The zero-order chi connectivity index (χ0) is 10.6. The lowest BCUT2D eigenvalue weighted by Crippen LogP contribution is -2.00. The Labute approximate surface area is 91.4 Å². The van der Waals surface area contributed by atoms with E-state index in [1.165, 1.54) is 0 Å². The van der Waals surface area contributed by atoms with Crippen LogP contribution in [0.2, 0.25) is 0 Å². The summed E-state index contributed by atoms with van der Waals surface area (Å²) in [4.78, 5) is 0. The molecule has 0 saturated carbocycles. The molecule has 0 aromatic heterocycles. The first-order chi connectivity index (χ1) is 6.69. The van der Waals surface area contributed by atoms with Crippen LogP contribution < -0.4 is 4.74 Å². The van der Waals surface area contributed by atoms with E-state index in [4.69, 9.17) is 14.7 Å². The highest BCUT2D eigenvalue weighted by atomic mass is 79.9. The van der Waals surface area contributed by atoms with Gasteiger partial charge in [0.15, 0.2) is 6.79 Å². The number of hydrogen-bond acceptors (Lipinski definition) is 3. The molecule has 0 heterocycles. The van der Waals surface area contributed by atoms with Crippen LogP contribution in [0.5, 0.6) is 5.75 Å². The molecule has 0 aliphatic heterocycles. The van der Waals surface area contributed by atoms with E-state index >= 15 is 0 Å². The van der Waals surface area contributed by atoms with E-state index in [1.54, 1.807) is 13.2 Å². The number of nitriles is 1. The van der Waals surface area contributed by atoms with E-state index in [2.05, 4.69) is 22.0 Å². The van der Waals surface area contributed by atoms with Gasteiger partial charge in [-0.25, -0.2) is 0 Å². The minimum atomic E-state index is 0.173.